The Labute approximate surface area is 59.8 Å². The fourth-order valence-electron chi connectivity index (χ4n) is 0.702. The Morgan fingerprint density at radius 3 is 3.00 bits per heavy atom. The van der Waals surface area contributed by atoms with Gasteiger partial charge in [-0.15, -0.1) is 5.10 Å². The maximum atomic E-state index is 5.16. The van der Waals surface area contributed by atoms with E-state index >= 15 is 0 Å². The molecule has 56 valence electrons. The van der Waals surface area contributed by atoms with Crippen LogP contribution >= 0.6 is 0 Å². The molecule has 0 aliphatic heterocycles. The van der Waals surface area contributed by atoms with Gasteiger partial charge in [0.2, 0.25) is 0 Å². The van der Waals surface area contributed by atoms with E-state index in [1.165, 1.54) is 0 Å². The van der Waals surface area contributed by atoms with Crippen molar-refractivity contribution in [3.8, 4) is 6.01 Å². The second-order valence-corrected chi connectivity index (χ2v) is 1.83. The van der Waals surface area contributed by atoms with Crippen LogP contribution in [-0.2, 0) is 6.54 Å². The van der Waals surface area contributed by atoms with Gasteiger partial charge in [-0.3, -0.25) is 4.57 Å². The van der Waals surface area contributed by atoms with Crippen molar-refractivity contribution in [2.45, 2.75) is 20.4 Å². The average molecular weight is 141 g/mol. The van der Waals surface area contributed by atoms with Gasteiger partial charge < -0.3 is 4.74 Å². The Kier molecular flexibility index (Phi) is 2.25. The third-order valence-electron chi connectivity index (χ3n) is 1.19. The number of aromatic nitrogens is 3. The maximum Gasteiger partial charge on any atom is 0.316 e. The van der Waals surface area contributed by atoms with Crippen molar-refractivity contribution in [1.82, 2.24) is 14.8 Å². The molecule has 1 aromatic heterocycles. The second kappa shape index (κ2) is 3.20. The van der Waals surface area contributed by atoms with Crippen LogP contribution in [0.1, 0.15) is 13.8 Å². The number of aryl methyl sites for hydroxylation is 1. The maximum absolute atomic E-state index is 5.16. The van der Waals surface area contributed by atoms with Crippen LogP contribution in [0.5, 0.6) is 6.01 Å². The summed E-state index contributed by atoms with van der Waals surface area (Å²) in [7, 11) is 0. The van der Waals surface area contributed by atoms with E-state index in [0.717, 1.165) is 6.54 Å². The van der Waals surface area contributed by atoms with Gasteiger partial charge in [0.05, 0.1) is 6.61 Å². The lowest BCUT2D eigenvalue weighted by molar-refractivity contribution is 0.296. The minimum absolute atomic E-state index is 0.602. The molecule has 0 saturated heterocycles. The van der Waals surface area contributed by atoms with E-state index in [-0.39, 0.29) is 0 Å². The Bertz CT molecular complexity index is 197. The fraction of sp³-hybridized carbons (Fsp3) is 0.667. The van der Waals surface area contributed by atoms with Gasteiger partial charge in [0.1, 0.15) is 6.33 Å². The van der Waals surface area contributed by atoms with Crippen LogP contribution in [0.15, 0.2) is 6.33 Å². The molecule has 0 N–H and O–H groups in total. The van der Waals surface area contributed by atoms with Crippen molar-refractivity contribution >= 4 is 0 Å². The summed E-state index contributed by atoms with van der Waals surface area (Å²) in [6, 6.07) is 0.602. The Balaban J connectivity index is 2.70. The molecule has 0 atom stereocenters. The highest BCUT2D eigenvalue weighted by atomic mass is 16.5. The highest BCUT2D eigenvalue weighted by Gasteiger charge is 1.99. The van der Waals surface area contributed by atoms with Crippen LogP contribution in [0, 0.1) is 0 Å². The first kappa shape index (κ1) is 7.05. The molecule has 10 heavy (non-hydrogen) atoms. The normalized spacial score (nSPS) is 9.80. The van der Waals surface area contributed by atoms with Crippen LogP contribution in [-0.4, -0.2) is 21.4 Å². The SMILES string of the molecule is CCOc1nncn1CC. The lowest BCUT2D eigenvalue weighted by Gasteiger charge is -2.01. The van der Waals surface area contributed by atoms with Crippen LogP contribution in [0.25, 0.3) is 0 Å². The molecule has 0 aromatic carbocycles. The van der Waals surface area contributed by atoms with Gasteiger partial charge in [0, 0.05) is 6.54 Å². The molecule has 4 nitrogen and oxygen atoms in total. The quantitative estimate of drug-likeness (QED) is 0.622. The van der Waals surface area contributed by atoms with Crippen LogP contribution in [0.3, 0.4) is 0 Å². The molecule has 0 radical (unpaired) electrons. The Morgan fingerprint density at radius 1 is 1.60 bits per heavy atom. The zero-order valence-corrected chi connectivity index (χ0v) is 6.24. The van der Waals surface area contributed by atoms with Crippen LogP contribution in [0.2, 0.25) is 0 Å². The van der Waals surface area contributed by atoms with Gasteiger partial charge in [0.25, 0.3) is 0 Å². The summed E-state index contributed by atoms with van der Waals surface area (Å²) < 4.78 is 7.01. The highest BCUT2D eigenvalue weighted by Crippen LogP contribution is 2.03. The van der Waals surface area contributed by atoms with Crippen molar-refractivity contribution in [2.75, 3.05) is 6.61 Å². The van der Waals surface area contributed by atoms with Crippen LogP contribution < -0.4 is 4.74 Å². The minimum atomic E-state index is 0.602. The summed E-state index contributed by atoms with van der Waals surface area (Å²) in [4.78, 5) is 0. The van der Waals surface area contributed by atoms with E-state index in [4.69, 9.17) is 4.74 Å². The molecule has 0 aliphatic carbocycles. The third kappa shape index (κ3) is 1.26. The van der Waals surface area contributed by atoms with Crippen molar-refractivity contribution in [3.05, 3.63) is 6.33 Å². The van der Waals surface area contributed by atoms with Crippen molar-refractivity contribution < 1.29 is 4.74 Å². The molecule has 0 saturated carbocycles. The van der Waals surface area contributed by atoms with E-state index in [9.17, 15) is 0 Å². The summed E-state index contributed by atoms with van der Waals surface area (Å²) in [6.07, 6.45) is 1.66. The van der Waals surface area contributed by atoms with Crippen molar-refractivity contribution in [3.63, 3.8) is 0 Å². The predicted octanol–water partition coefficient (Wildman–Crippen LogP) is 0.697. The smallest absolute Gasteiger partial charge is 0.316 e. The summed E-state index contributed by atoms with van der Waals surface area (Å²) in [6.45, 7) is 5.43. The molecule has 1 aromatic rings. The lowest BCUT2D eigenvalue weighted by Crippen LogP contribution is -2.00. The fourth-order valence-corrected chi connectivity index (χ4v) is 0.702. The van der Waals surface area contributed by atoms with Crippen molar-refractivity contribution in [2.24, 2.45) is 0 Å². The number of nitrogens with zero attached hydrogens (tertiary/aromatic N) is 3. The molecule has 4 heteroatoms. The number of hydrogen-bond donors (Lipinski definition) is 0. The van der Waals surface area contributed by atoms with E-state index in [2.05, 4.69) is 10.2 Å². The molecule has 0 bridgehead atoms. The average Bonchev–Trinajstić information content (AvgIpc) is 2.36. The predicted molar refractivity (Wildman–Crippen MR) is 36.9 cm³/mol. The van der Waals surface area contributed by atoms with E-state index in [1.54, 1.807) is 6.33 Å². The lowest BCUT2D eigenvalue weighted by atomic mass is 10.7. The number of rotatable bonds is 3. The number of ether oxygens (including phenoxy) is 1. The zero-order chi connectivity index (χ0) is 7.40. The first-order valence-electron chi connectivity index (χ1n) is 3.39. The summed E-state index contributed by atoms with van der Waals surface area (Å²) >= 11 is 0. The van der Waals surface area contributed by atoms with Crippen molar-refractivity contribution in [1.29, 1.82) is 0 Å². The molecular weight excluding hydrogens is 130 g/mol. The third-order valence-corrected chi connectivity index (χ3v) is 1.19. The van der Waals surface area contributed by atoms with E-state index in [1.807, 2.05) is 18.4 Å². The van der Waals surface area contributed by atoms with Gasteiger partial charge in [-0.05, 0) is 13.8 Å². The summed E-state index contributed by atoms with van der Waals surface area (Å²) in [5.74, 6) is 0. The Morgan fingerprint density at radius 2 is 2.40 bits per heavy atom. The molecule has 0 spiro atoms. The molecule has 0 fully saturated rings. The summed E-state index contributed by atoms with van der Waals surface area (Å²) in [5.41, 5.74) is 0. The largest absolute Gasteiger partial charge is 0.464 e. The topological polar surface area (TPSA) is 39.9 Å². The van der Waals surface area contributed by atoms with Crippen LogP contribution in [0.4, 0.5) is 0 Å². The molecule has 1 heterocycles. The minimum Gasteiger partial charge on any atom is -0.464 e. The van der Waals surface area contributed by atoms with Gasteiger partial charge in [-0.2, -0.15) is 0 Å². The first-order valence-corrected chi connectivity index (χ1v) is 3.39. The number of hydrogen-bond acceptors (Lipinski definition) is 3. The molecule has 0 amide bonds. The monoisotopic (exact) mass is 141 g/mol. The highest BCUT2D eigenvalue weighted by molar-refractivity contribution is 4.90. The molecule has 1 rings (SSSR count). The van der Waals surface area contributed by atoms with E-state index < -0.39 is 0 Å². The van der Waals surface area contributed by atoms with E-state index in [0.29, 0.717) is 12.6 Å². The molecule has 0 aliphatic rings. The van der Waals surface area contributed by atoms with Gasteiger partial charge >= 0.3 is 6.01 Å². The standard InChI is InChI=1S/C6H11N3O/c1-3-9-5-7-8-6(9)10-4-2/h5H,3-4H2,1-2H3. The Hall–Kier alpha value is -1.06. The molecular formula is C6H11N3O. The van der Waals surface area contributed by atoms with Gasteiger partial charge in [-0.25, -0.2) is 0 Å². The summed E-state index contributed by atoms with van der Waals surface area (Å²) in [5, 5.41) is 7.47. The van der Waals surface area contributed by atoms with Gasteiger partial charge in [0.15, 0.2) is 0 Å². The first-order chi connectivity index (χ1) is 4.88. The van der Waals surface area contributed by atoms with Gasteiger partial charge in [-0.1, -0.05) is 5.10 Å². The molecule has 0 unspecified atom stereocenters. The zero-order valence-electron chi connectivity index (χ0n) is 6.24. The second-order valence-electron chi connectivity index (χ2n) is 1.83.